The first-order valence-corrected chi connectivity index (χ1v) is 10.9. The molecule has 0 amide bonds. The Morgan fingerprint density at radius 1 is 1.00 bits per heavy atom. The molecular weight excluding hydrogens is 413 g/mol. The Bertz CT molecular complexity index is 1180. The molecule has 0 unspecified atom stereocenters. The molecule has 2 aliphatic rings. The van der Waals surface area contributed by atoms with Gasteiger partial charge >= 0.3 is 6.18 Å². The molecule has 7 heteroatoms. The number of rotatable bonds is 3. The van der Waals surface area contributed by atoms with Gasteiger partial charge in [0.2, 0.25) is 0 Å². The maximum Gasteiger partial charge on any atom is 0.406 e. The zero-order valence-electron chi connectivity index (χ0n) is 18.2. The second kappa shape index (κ2) is 7.50. The van der Waals surface area contributed by atoms with Crippen molar-refractivity contribution in [3.63, 3.8) is 0 Å². The fraction of sp³-hybridized carbons (Fsp3) is 0.360. The van der Waals surface area contributed by atoms with E-state index in [4.69, 9.17) is 5.10 Å². The lowest BCUT2D eigenvalue weighted by Gasteiger charge is -2.33. The van der Waals surface area contributed by atoms with E-state index in [-0.39, 0.29) is 0 Å². The number of halogens is 3. The summed E-state index contributed by atoms with van der Waals surface area (Å²) in [6, 6.07) is 11.6. The lowest BCUT2D eigenvalue weighted by molar-refractivity contribution is -0.118. The van der Waals surface area contributed by atoms with Crippen LogP contribution in [0.25, 0.3) is 22.5 Å². The van der Waals surface area contributed by atoms with Crippen molar-refractivity contribution in [3.05, 3.63) is 65.6 Å². The first-order valence-electron chi connectivity index (χ1n) is 10.9. The van der Waals surface area contributed by atoms with E-state index in [9.17, 15) is 13.2 Å². The maximum atomic E-state index is 13.4. The Hall–Kier alpha value is -3.09. The predicted octanol–water partition coefficient (Wildman–Crippen LogP) is 6.56. The van der Waals surface area contributed by atoms with E-state index in [1.165, 1.54) is 4.90 Å². The topological polar surface area (TPSA) is 34.0 Å². The van der Waals surface area contributed by atoms with Crippen LogP contribution in [0.2, 0.25) is 0 Å². The van der Waals surface area contributed by atoms with Gasteiger partial charge in [-0.1, -0.05) is 31.6 Å². The van der Waals surface area contributed by atoms with Gasteiger partial charge in [0.1, 0.15) is 12.4 Å². The average molecular weight is 438 g/mol. The molecule has 0 bridgehead atoms. The monoisotopic (exact) mass is 438 g/mol. The number of hydrogen-bond acceptors (Lipinski definition) is 3. The van der Waals surface area contributed by atoms with E-state index in [0.29, 0.717) is 23.0 Å². The number of hydrogen-bond donors (Lipinski definition) is 0. The van der Waals surface area contributed by atoms with E-state index in [1.807, 2.05) is 50.2 Å². The Balaban J connectivity index is 1.66. The minimum atomic E-state index is -4.35. The minimum Gasteiger partial charge on any atom is -0.317 e. The van der Waals surface area contributed by atoms with Gasteiger partial charge in [0.15, 0.2) is 0 Å². The largest absolute Gasteiger partial charge is 0.406 e. The highest BCUT2D eigenvalue weighted by Gasteiger charge is 2.37. The van der Waals surface area contributed by atoms with Crippen LogP contribution in [0, 0.1) is 13.8 Å². The van der Waals surface area contributed by atoms with Crippen molar-refractivity contribution in [1.29, 1.82) is 0 Å². The van der Waals surface area contributed by atoms with Gasteiger partial charge in [-0.2, -0.15) is 18.3 Å². The molecule has 0 spiro atoms. The van der Waals surface area contributed by atoms with Crippen molar-refractivity contribution < 1.29 is 13.2 Å². The van der Waals surface area contributed by atoms with Gasteiger partial charge in [-0.05, 0) is 56.0 Å². The molecule has 166 valence electrons. The van der Waals surface area contributed by atoms with Crippen LogP contribution in [0.3, 0.4) is 0 Å². The predicted molar refractivity (Wildman–Crippen MR) is 120 cm³/mol. The van der Waals surface area contributed by atoms with E-state index < -0.39 is 12.7 Å². The van der Waals surface area contributed by atoms with Crippen molar-refractivity contribution in [1.82, 2.24) is 14.8 Å². The molecule has 0 N–H and O–H groups in total. The van der Waals surface area contributed by atoms with Crippen LogP contribution in [0.1, 0.15) is 54.2 Å². The standard InChI is InChI=1S/C25H25F3N4/c1-15-10-20(11-16(2)29-15)19-8-9-21-17(3)31(14-25(26,27)28)24-13-22(18-6-4-5-7-18)30-32(24)23(21)12-19/h8-13,18H,3-7,14H2,1-2H3. The van der Waals surface area contributed by atoms with Gasteiger partial charge in [-0.3, -0.25) is 4.98 Å². The van der Waals surface area contributed by atoms with Gasteiger partial charge < -0.3 is 4.90 Å². The Morgan fingerprint density at radius 3 is 2.34 bits per heavy atom. The number of pyridine rings is 1. The molecule has 0 saturated heterocycles. The highest BCUT2D eigenvalue weighted by Crippen LogP contribution is 2.43. The molecule has 0 atom stereocenters. The first kappa shape index (κ1) is 20.8. The molecule has 1 saturated carbocycles. The summed E-state index contributed by atoms with van der Waals surface area (Å²) in [6.45, 7) is 6.84. The summed E-state index contributed by atoms with van der Waals surface area (Å²) in [7, 11) is 0. The summed E-state index contributed by atoms with van der Waals surface area (Å²) in [4.78, 5) is 5.69. The van der Waals surface area contributed by atoms with Gasteiger partial charge in [0.25, 0.3) is 0 Å². The van der Waals surface area contributed by atoms with Gasteiger partial charge in [-0.25, -0.2) is 4.68 Å². The third kappa shape index (κ3) is 3.70. The first-order chi connectivity index (χ1) is 15.2. The molecule has 5 rings (SSSR count). The normalized spacial score (nSPS) is 16.4. The second-order valence-corrected chi connectivity index (χ2v) is 8.84. The van der Waals surface area contributed by atoms with Crippen molar-refractivity contribution in [2.75, 3.05) is 11.4 Å². The summed E-state index contributed by atoms with van der Waals surface area (Å²) >= 11 is 0. The molecule has 1 aliphatic heterocycles. The van der Waals surface area contributed by atoms with Crippen LogP contribution in [-0.4, -0.2) is 27.5 Å². The molecule has 3 aromatic rings. The fourth-order valence-corrected chi connectivity index (χ4v) is 4.95. The fourth-order valence-electron chi connectivity index (χ4n) is 4.95. The number of aromatic nitrogens is 3. The van der Waals surface area contributed by atoms with E-state index in [2.05, 4.69) is 11.6 Å². The molecule has 1 aliphatic carbocycles. The van der Waals surface area contributed by atoms with Crippen LogP contribution >= 0.6 is 0 Å². The molecule has 1 aromatic carbocycles. The maximum absolute atomic E-state index is 13.4. The third-order valence-electron chi connectivity index (χ3n) is 6.37. The highest BCUT2D eigenvalue weighted by atomic mass is 19.4. The molecule has 4 nitrogen and oxygen atoms in total. The number of aryl methyl sites for hydroxylation is 2. The second-order valence-electron chi connectivity index (χ2n) is 8.84. The van der Waals surface area contributed by atoms with Crippen LogP contribution in [0.4, 0.5) is 19.0 Å². The number of benzene rings is 1. The number of anilines is 1. The number of nitrogens with zero attached hydrogens (tertiary/aromatic N) is 4. The highest BCUT2D eigenvalue weighted by molar-refractivity contribution is 5.87. The lowest BCUT2D eigenvalue weighted by atomic mass is 9.99. The SMILES string of the molecule is C=C1c2ccc(-c3cc(C)nc(C)c3)cc2-n2nc(C3CCCC3)cc2N1CC(F)(F)F. The van der Waals surface area contributed by atoms with Crippen molar-refractivity contribution in [2.45, 2.75) is 51.6 Å². The smallest absolute Gasteiger partial charge is 0.317 e. The Kier molecular flexibility index (Phi) is 4.87. The Labute approximate surface area is 185 Å². The molecule has 1 fully saturated rings. The third-order valence-corrected chi connectivity index (χ3v) is 6.37. The van der Waals surface area contributed by atoms with Crippen molar-refractivity contribution >= 4 is 11.5 Å². The summed E-state index contributed by atoms with van der Waals surface area (Å²) < 4.78 is 42.0. The van der Waals surface area contributed by atoms with Gasteiger partial charge in [0.05, 0.1) is 11.4 Å². The summed E-state index contributed by atoms with van der Waals surface area (Å²) in [5.41, 5.74) is 6.46. The minimum absolute atomic E-state index is 0.297. The molecule has 0 radical (unpaired) electrons. The Morgan fingerprint density at radius 2 is 1.69 bits per heavy atom. The zero-order chi connectivity index (χ0) is 22.6. The molecule has 3 heterocycles. The van der Waals surface area contributed by atoms with Crippen molar-refractivity contribution in [3.8, 4) is 16.8 Å². The summed E-state index contributed by atoms with van der Waals surface area (Å²) in [5.74, 6) is 0.729. The van der Waals surface area contributed by atoms with Crippen LogP contribution in [0.5, 0.6) is 0 Å². The van der Waals surface area contributed by atoms with E-state index in [0.717, 1.165) is 59.6 Å². The quantitative estimate of drug-likeness (QED) is 0.464. The average Bonchev–Trinajstić information content (AvgIpc) is 3.39. The van der Waals surface area contributed by atoms with Crippen LogP contribution in [0.15, 0.2) is 43.0 Å². The zero-order valence-corrected chi connectivity index (χ0v) is 18.2. The number of alkyl halides is 3. The van der Waals surface area contributed by atoms with Gasteiger partial charge in [-0.15, -0.1) is 0 Å². The molecular formula is C25H25F3N4. The summed E-state index contributed by atoms with van der Waals surface area (Å²) in [5, 5.41) is 4.81. The van der Waals surface area contributed by atoms with Crippen LogP contribution < -0.4 is 4.90 Å². The van der Waals surface area contributed by atoms with E-state index >= 15 is 0 Å². The van der Waals surface area contributed by atoms with E-state index in [1.54, 1.807) is 4.68 Å². The number of fused-ring (bicyclic) bond motifs is 3. The van der Waals surface area contributed by atoms with Crippen LogP contribution in [-0.2, 0) is 0 Å². The molecule has 2 aromatic heterocycles. The van der Waals surface area contributed by atoms with Gasteiger partial charge in [0, 0.05) is 34.6 Å². The summed E-state index contributed by atoms with van der Waals surface area (Å²) in [6.07, 6.45) is -0.0337. The lowest BCUT2D eigenvalue weighted by Crippen LogP contribution is -2.36. The molecule has 32 heavy (non-hydrogen) atoms. The van der Waals surface area contributed by atoms with Crippen molar-refractivity contribution in [2.24, 2.45) is 0 Å².